The summed E-state index contributed by atoms with van der Waals surface area (Å²) in [5.74, 6) is 0.242. The van der Waals surface area contributed by atoms with E-state index in [0.717, 1.165) is 16.0 Å². The lowest BCUT2D eigenvalue weighted by molar-refractivity contribution is -0.444. The molecule has 8 heteroatoms. The highest BCUT2D eigenvalue weighted by molar-refractivity contribution is 8.02. The number of benzene rings is 3. The lowest BCUT2D eigenvalue weighted by atomic mass is 10.0. The number of urea groups is 1. The molecule has 1 atom stereocenters. The monoisotopic (exact) mass is 463 g/mol. The highest BCUT2D eigenvalue weighted by Crippen LogP contribution is 2.42. The van der Waals surface area contributed by atoms with E-state index in [0.29, 0.717) is 22.9 Å². The number of hydrogen-bond acceptors (Lipinski definition) is 5. The summed E-state index contributed by atoms with van der Waals surface area (Å²) in [6.45, 7) is 0.205. The molecule has 3 amide bonds. The third-order valence-corrected chi connectivity index (χ3v) is 6.96. The number of anilines is 1. The number of rotatable bonds is 5. The van der Waals surface area contributed by atoms with Crippen molar-refractivity contribution in [3.8, 4) is 11.5 Å². The van der Waals surface area contributed by atoms with Crippen LogP contribution >= 0.6 is 11.8 Å². The van der Waals surface area contributed by atoms with Crippen LogP contribution in [0.2, 0.25) is 0 Å². The normalized spacial score (nSPS) is 17.2. The van der Waals surface area contributed by atoms with Gasteiger partial charge in [-0.05, 0) is 42.0 Å². The number of halogens is 1. The first-order valence-corrected chi connectivity index (χ1v) is 11.1. The Balaban J connectivity index is 1.65. The molecule has 2 aliphatic heterocycles. The Kier molecular flexibility index (Phi) is 5.38. The molecular formula is C25H20FN2O4S+. The predicted molar refractivity (Wildman–Crippen MR) is 123 cm³/mol. The van der Waals surface area contributed by atoms with E-state index in [1.807, 2.05) is 24.3 Å². The average molecular weight is 464 g/mol. The molecule has 6 nitrogen and oxygen atoms in total. The second kappa shape index (κ2) is 8.37. The van der Waals surface area contributed by atoms with Gasteiger partial charge in [-0.2, -0.15) is 9.37 Å². The number of thioether (sulfide) groups is 1. The van der Waals surface area contributed by atoms with Gasteiger partial charge < -0.3 is 9.47 Å². The Morgan fingerprint density at radius 3 is 2.42 bits per heavy atom. The third-order valence-electron chi connectivity index (χ3n) is 5.69. The minimum Gasteiger partial charge on any atom is -0.493 e. The van der Waals surface area contributed by atoms with Crippen LogP contribution < -0.4 is 14.4 Å². The predicted octanol–water partition coefficient (Wildman–Crippen LogP) is 4.49. The summed E-state index contributed by atoms with van der Waals surface area (Å²) in [6.07, 6.45) is 0. The zero-order chi connectivity index (χ0) is 23.1. The van der Waals surface area contributed by atoms with Crippen LogP contribution in [0.25, 0.3) is 0 Å². The molecule has 3 aromatic rings. The summed E-state index contributed by atoms with van der Waals surface area (Å²) in [5, 5.41) is -0.575. The number of nitrogens with zero attached hydrogens (tertiary/aromatic N) is 2. The van der Waals surface area contributed by atoms with Crippen molar-refractivity contribution >= 4 is 35.1 Å². The zero-order valence-corrected chi connectivity index (χ0v) is 18.8. The highest BCUT2D eigenvalue weighted by atomic mass is 32.2. The van der Waals surface area contributed by atoms with Gasteiger partial charge in [0.05, 0.1) is 14.2 Å². The summed E-state index contributed by atoms with van der Waals surface area (Å²) >= 11 is 1.42. The Morgan fingerprint density at radius 2 is 1.70 bits per heavy atom. The second-order valence-corrected chi connectivity index (χ2v) is 8.73. The maximum Gasteiger partial charge on any atom is 0.506 e. The summed E-state index contributed by atoms with van der Waals surface area (Å²) in [6, 6.07) is 18.1. The summed E-state index contributed by atoms with van der Waals surface area (Å²) in [4.78, 5) is 29.5. The third kappa shape index (κ3) is 3.56. The van der Waals surface area contributed by atoms with Crippen molar-refractivity contribution in [2.75, 3.05) is 19.1 Å². The number of ether oxygens (including phenoxy) is 2. The fourth-order valence-electron chi connectivity index (χ4n) is 4.12. The van der Waals surface area contributed by atoms with Crippen molar-refractivity contribution in [3.63, 3.8) is 0 Å². The van der Waals surface area contributed by atoms with Crippen molar-refractivity contribution in [2.24, 2.45) is 0 Å². The van der Waals surface area contributed by atoms with Crippen molar-refractivity contribution in [1.29, 1.82) is 0 Å². The van der Waals surface area contributed by atoms with Crippen molar-refractivity contribution in [3.05, 3.63) is 83.7 Å². The number of carbonyl (C=O) groups excluding carboxylic acids is 2. The molecule has 2 heterocycles. The zero-order valence-electron chi connectivity index (χ0n) is 17.9. The van der Waals surface area contributed by atoms with Crippen LogP contribution in [0.1, 0.15) is 11.1 Å². The van der Waals surface area contributed by atoms with Crippen LogP contribution in [0.15, 0.2) is 71.6 Å². The van der Waals surface area contributed by atoms with Gasteiger partial charge in [-0.15, -0.1) is 16.7 Å². The maximum absolute atomic E-state index is 13.8. The van der Waals surface area contributed by atoms with Gasteiger partial charge >= 0.3 is 11.9 Å². The topological polar surface area (TPSA) is 58.8 Å². The Hall–Kier alpha value is -3.65. The van der Waals surface area contributed by atoms with Crippen LogP contribution in [0.5, 0.6) is 11.5 Å². The molecule has 0 spiro atoms. The van der Waals surface area contributed by atoms with Crippen LogP contribution in [0.3, 0.4) is 0 Å². The van der Waals surface area contributed by atoms with Crippen molar-refractivity contribution < 1.29 is 28.0 Å². The van der Waals surface area contributed by atoms with E-state index < -0.39 is 11.3 Å². The van der Waals surface area contributed by atoms with Crippen LogP contribution in [0.4, 0.5) is 14.9 Å². The Bertz CT molecular complexity index is 1310. The van der Waals surface area contributed by atoms with Gasteiger partial charge in [-0.3, -0.25) is 0 Å². The van der Waals surface area contributed by atoms with Crippen molar-refractivity contribution in [1.82, 2.24) is 0 Å². The molecule has 3 aromatic carbocycles. The van der Waals surface area contributed by atoms with Gasteiger partial charge in [0.25, 0.3) is 0 Å². The van der Waals surface area contributed by atoms with Gasteiger partial charge in [-0.25, -0.2) is 9.18 Å². The molecule has 0 saturated heterocycles. The summed E-state index contributed by atoms with van der Waals surface area (Å²) in [5.41, 5.74) is 2.67. The van der Waals surface area contributed by atoms with E-state index >= 15 is 0 Å². The van der Waals surface area contributed by atoms with Gasteiger partial charge in [0.2, 0.25) is 0 Å². The lowest BCUT2D eigenvalue weighted by Crippen LogP contribution is -2.55. The SMILES string of the molecule is COc1ccc(N2C(=O)C3Sc4ccccc4C3=[N+](Cc3ccc(F)cc3)C2=O)cc1OC. The fraction of sp³-hybridized carbons (Fsp3) is 0.160. The molecule has 0 fully saturated rings. The van der Waals surface area contributed by atoms with E-state index in [-0.39, 0.29) is 18.3 Å². The second-order valence-electron chi connectivity index (χ2n) is 7.59. The molecule has 0 bridgehead atoms. The van der Waals surface area contributed by atoms with Crippen LogP contribution in [0, 0.1) is 5.82 Å². The molecule has 33 heavy (non-hydrogen) atoms. The number of imide groups is 1. The minimum atomic E-state index is -0.575. The Labute approximate surface area is 194 Å². The first-order valence-electron chi connectivity index (χ1n) is 10.3. The molecular weight excluding hydrogens is 443 g/mol. The quantitative estimate of drug-likeness (QED) is 0.522. The number of methoxy groups -OCH3 is 2. The lowest BCUT2D eigenvalue weighted by Gasteiger charge is -2.25. The molecule has 1 unspecified atom stereocenters. The van der Waals surface area contributed by atoms with Gasteiger partial charge in [0, 0.05) is 16.5 Å². The van der Waals surface area contributed by atoms with Crippen LogP contribution in [-0.2, 0) is 11.3 Å². The molecule has 0 N–H and O–H groups in total. The fourth-order valence-corrected chi connectivity index (χ4v) is 5.40. The average Bonchev–Trinajstić information content (AvgIpc) is 3.23. The van der Waals surface area contributed by atoms with Crippen molar-refractivity contribution in [2.45, 2.75) is 16.7 Å². The van der Waals surface area contributed by atoms with E-state index in [9.17, 15) is 14.0 Å². The largest absolute Gasteiger partial charge is 0.506 e. The molecule has 0 aromatic heterocycles. The van der Waals surface area contributed by atoms with Gasteiger partial charge in [0.15, 0.2) is 16.7 Å². The molecule has 0 saturated carbocycles. The van der Waals surface area contributed by atoms with E-state index in [4.69, 9.17) is 9.47 Å². The molecule has 5 rings (SSSR count). The molecule has 0 radical (unpaired) electrons. The molecule has 166 valence electrons. The Morgan fingerprint density at radius 1 is 0.970 bits per heavy atom. The number of hydrogen-bond donors (Lipinski definition) is 0. The van der Waals surface area contributed by atoms with Gasteiger partial charge in [0.1, 0.15) is 23.8 Å². The first kappa shape index (κ1) is 21.2. The smallest absolute Gasteiger partial charge is 0.493 e. The summed E-state index contributed by atoms with van der Waals surface area (Å²) < 4.78 is 25.7. The molecule has 2 aliphatic rings. The molecule has 0 aliphatic carbocycles. The number of amides is 3. The minimum absolute atomic E-state index is 0.205. The van der Waals surface area contributed by atoms with Gasteiger partial charge in [-0.1, -0.05) is 24.3 Å². The summed E-state index contributed by atoms with van der Waals surface area (Å²) in [7, 11) is 3.02. The van der Waals surface area contributed by atoms with Crippen LogP contribution in [-0.4, -0.2) is 41.7 Å². The number of fused-ring (bicyclic) bond motifs is 3. The highest BCUT2D eigenvalue weighted by Gasteiger charge is 2.53. The van der Waals surface area contributed by atoms with E-state index in [1.165, 1.54) is 43.0 Å². The standard InChI is InChI=1S/C25H20FN2O4S/c1-31-19-12-11-17(13-20(19)32-2)28-24(29)23-22(18-5-3-4-6-21(18)33-23)27(25(28)30)14-15-7-9-16(26)10-8-15/h3-13,23H,14H2,1-2H3/q+1. The van der Waals surface area contributed by atoms with E-state index in [1.54, 1.807) is 34.9 Å². The van der Waals surface area contributed by atoms with E-state index in [2.05, 4.69) is 0 Å². The number of carbonyl (C=O) groups is 2. The first-order chi connectivity index (χ1) is 16.0. The maximum atomic E-state index is 13.8.